The molecule has 2 fully saturated rings. The minimum atomic E-state index is -0.394. The van der Waals surface area contributed by atoms with E-state index >= 15 is 0 Å². The lowest BCUT2D eigenvalue weighted by molar-refractivity contribution is 0.610. The molecule has 74 valence electrons. The summed E-state index contributed by atoms with van der Waals surface area (Å²) in [4.78, 5) is 9.95. The summed E-state index contributed by atoms with van der Waals surface area (Å²) in [5, 5.41) is 0. The molecule has 0 spiro atoms. The average molecular weight is 194 g/mol. The first-order valence-electron chi connectivity index (χ1n) is 4.74. The lowest BCUT2D eigenvalue weighted by Gasteiger charge is -2.18. The summed E-state index contributed by atoms with van der Waals surface area (Å²) in [5.74, 6) is 1.42. The van der Waals surface area contributed by atoms with Gasteiger partial charge in [-0.3, -0.25) is 0 Å². The Morgan fingerprint density at radius 1 is 1.29 bits per heavy atom. The zero-order chi connectivity index (χ0) is 9.71. The van der Waals surface area contributed by atoms with Gasteiger partial charge in [0.2, 0.25) is 5.95 Å². The zero-order valence-electron chi connectivity index (χ0n) is 7.60. The molecular formula is C9H11FN4. The van der Waals surface area contributed by atoms with Gasteiger partial charge < -0.3 is 10.6 Å². The Balaban J connectivity index is 1.76. The Kier molecular flexibility index (Phi) is 1.53. The number of hydrogen-bond donors (Lipinski definition) is 1. The third-order valence-corrected chi connectivity index (χ3v) is 3.15. The van der Waals surface area contributed by atoms with Gasteiger partial charge in [-0.15, -0.1) is 0 Å². The number of fused-ring (bicyclic) bond motifs is 1. The summed E-state index contributed by atoms with van der Waals surface area (Å²) in [6.07, 6.45) is 2.40. The van der Waals surface area contributed by atoms with E-state index in [0.29, 0.717) is 23.8 Å². The van der Waals surface area contributed by atoms with Crippen LogP contribution in [-0.4, -0.2) is 29.1 Å². The first-order chi connectivity index (χ1) is 6.75. The smallest absolute Gasteiger partial charge is 0.225 e. The van der Waals surface area contributed by atoms with Crippen LogP contribution in [0, 0.1) is 17.7 Å². The van der Waals surface area contributed by atoms with Crippen molar-refractivity contribution in [2.75, 3.05) is 18.0 Å². The molecule has 1 aliphatic heterocycles. The van der Waals surface area contributed by atoms with Gasteiger partial charge in [-0.05, 0) is 11.8 Å². The molecule has 5 heteroatoms. The summed E-state index contributed by atoms with van der Waals surface area (Å²) in [6.45, 7) is 1.83. The van der Waals surface area contributed by atoms with Crippen molar-refractivity contribution in [2.45, 2.75) is 6.04 Å². The molecule has 2 atom stereocenters. The van der Waals surface area contributed by atoms with Gasteiger partial charge in [0.15, 0.2) is 5.82 Å². The Bertz CT molecular complexity index is 340. The van der Waals surface area contributed by atoms with Crippen LogP contribution in [0.1, 0.15) is 0 Å². The Morgan fingerprint density at radius 3 is 2.43 bits per heavy atom. The van der Waals surface area contributed by atoms with Crippen molar-refractivity contribution in [3.63, 3.8) is 0 Å². The fraction of sp³-hybridized carbons (Fsp3) is 0.556. The Hall–Kier alpha value is -1.23. The highest BCUT2D eigenvalue weighted by atomic mass is 19.1. The predicted octanol–water partition coefficient (Wildman–Crippen LogP) is 0.00900. The molecule has 4 nitrogen and oxygen atoms in total. The molecular weight excluding hydrogens is 183 g/mol. The van der Waals surface area contributed by atoms with E-state index in [9.17, 15) is 4.39 Å². The maximum atomic E-state index is 12.6. The molecule has 1 aromatic heterocycles. The quantitative estimate of drug-likeness (QED) is 0.684. The average Bonchev–Trinajstić information content (AvgIpc) is 2.66. The number of nitrogens with two attached hydrogens (primary N) is 1. The van der Waals surface area contributed by atoms with Gasteiger partial charge in [-0.2, -0.15) is 0 Å². The van der Waals surface area contributed by atoms with Crippen LogP contribution >= 0.6 is 0 Å². The number of anilines is 1. The monoisotopic (exact) mass is 194 g/mol. The summed E-state index contributed by atoms with van der Waals surface area (Å²) >= 11 is 0. The van der Waals surface area contributed by atoms with Crippen molar-refractivity contribution in [2.24, 2.45) is 17.6 Å². The number of halogens is 1. The lowest BCUT2D eigenvalue weighted by atomic mass is 10.4. The Morgan fingerprint density at radius 2 is 1.86 bits per heavy atom. The largest absolute Gasteiger partial charge is 0.340 e. The summed E-state index contributed by atoms with van der Waals surface area (Å²) < 4.78 is 12.6. The molecule has 1 saturated heterocycles. The Labute approximate surface area is 80.9 Å². The summed E-state index contributed by atoms with van der Waals surface area (Å²) in [7, 11) is 0. The number of nitrogens with zero attached hydrogens (tertiary/aromatic N) is 3. The van der Waals surface area contributed by atoms with Crippen molar-refractivity contribution < 1.29 is 4.39 Å². The SMILES string of the molecule is NC1C2CN(c3ncc(F)cn3)CC12. The topological polar surface area (TPSA) is 55.0 Å². The molecule has 1 saturated carbocycles. The normalized spacial score (nSPS) is 34.4. The van der Waals surface area contributed by atoms with Crippen LogP contribution in [0.4, 0.5) is 10.3 Å². The van der Waals surface area contributed by atoms with E-state index in [1.54, 1.807) is 0 Å². The molecule has 1 aromatic rings. The summed E-state index contributed by atoms with van der Waals surface area (Å²) in [6, 6.07) is 0.367. The fourth-order valence-electron chi connectivity index (χ4n) is 2.20. The van der Waals surface area contributed by atoms with Gasteiger partial charge in [0.25, 0.3) is 0 Å². The van der Waals surface area contributed by atoms with Crippen LogP contribution in [0.25, 0.3) is 0 Å². The highest BCUT2D eigenvalue weighted by molar-refractivity contribution is 5.35. The van der Waals surface area contributed by atoms with Gasteiger partial charge in [0.1, 0.15) is 0 Å². The van der Waals surface area contributed by atoms with Crippen molar-refractivity contribution in [3.05, 3.63) is 18.2 Å². The van der Waals surface area contributed by atoms with E-state index < -0.39 is 5.82 Å². The third-order valence-electron chi connectivity index (χ3n) is 3.15. The molecule has 0 bridgehead atoms. The molecule has 0 radical (unpaired) electrons. The lowest BCUT2D eigenvalue weighted by Crippen LogP contribution is -2.29. The molecule has 2 aliphatic rings. The number of aromatic nitrogens is 2. The van der Waals surface area contributed by atoms with Crippen LogP contribution in [0.5, 0.6) is 0 Å². The molecule has 0 aromatic carbocycles. The second kappa shape index (κ2) is 2.63. The van der Waals surface area contributed by atoms with Crippen molar-refractivity contribution in [3.8, 4) is 0 Å². The van der Waals surface area contributed by atoms with Crippen molar-refractivity contribution in [1.29, 1.82) is 0 Å². The van der Waals surface area contributed by atoms with Gasteiger partial charge in [0, 0.05) is 19.1 Å². The maximum Gasteiger partial charge on any atom is 0.225 e. The first-order valence-corrected chi connectivity index (χ1v) is 4.74. The predicted molar refractivity (Wildman–Crippen MR) is 49.2 cm³/mol. The highest BCUT2D eigenvalue weighted by Gasteiger charge is 2.54. The van der Waals surface area contributed by atoms with E-state index in [1.165, 1.54) is 12.4 Å². The van der Waals surface area contributed by atoms with Crippen LogP contribution in [0.2, 0.25) is 0 Å². The third kappa shape index (κ3) is 1.09. The standard InChI is InChI=1S/C9H11FN4/c10-5-1-12-9(13-2-5)14-3-6-7(4-14)8(6)11/h1-2,6-8H,3-4,11H2. The second-order valence-electron chi connectivity index (χ2n) is 4.01. The first kappa shape index (κ1) is 8.11. The van der Waals surface area contributed by atoms with E-state index in [2.05, 4.69) is 14.9 Å². The molecule has 1 aliphatic carbocycles. The van der Waals surface area contributed by atoms with Crippen LogP contribution in [0.3, 0.4) is 0 Å². The number of hydrogen-bond acceptors (Lipinski definition) is 4. The van der Waals surface area contributed by atoms with E-state index in [0.717, 1.165) is 13.1 Å². The molecule has 3 rings (SSSR count). The van der Waals surface area contributed by atoms with Gasteiger partial charge in [0.05, 0.1) is 12.4 Å². The van der Waals surface area contributed by atoms with E-state index in [1.807, 2.05) is 0 Å². The minimum Gasteiger partial charge on any atom is -0.340 e. The molecule has 0 amide bonds. The zero-order valence-corrected chi connectivity index (χ0v) is 7.60. The minimum absolute atomic E-state index is 0.367. The van der Waals surface area contributed by atoms with Gasteiger partial charge in [-0.25, -0.2) is 14.4 Å². The number of rotatable bonds is 1. The van der Waals surface area contributed by atoms with Crippen LogP contribution in [-0.2, 0) is 0 Å². The summed E-state index contributed by atoms with van der Waals surface area (Å²) in [5.41, 5.74) is 5.81. The fourth-order valence-corrected chi connectivity index (χ4v) is 2.20. The van der Waals surface area contributed by atoms with E-state index in [-0.39, 0.29) is 0 Å². The van der Waals surface area contributed by atoms with Crippen molar-refractivity contribution >= 4 is 5.95 Å². The maximum absolute atomic E-state index is 12.6. The van der Waals surface area contributed by atoms with Gasteiger partial charge >= 0.3 is 0 Å². The molecule has 14 heavy (non-hydrogen) atoms. The van der Waals surface area contributed by atoms with Crippen molar-refractivity contribution in [1.82, 2.24) is 9.97 Å². The van der Waals surface area contributed by atoms with E-state index in [4.69, 9.17) is 5.73 Å². The highest BCUT2D eigenvalue weighted by Crippen LogP contribution is 2.44. The molecule has 2 unspecified atom stereocenters. The molecule has 2 N–H and O–H groups in total. The van der Waals surface area contributed by atoms with Crippen LogP contribution in [0.15, 0.2) is 12.4 Å². The number of piperidine rings is 1. The second-order valence-corrected chi connectivity index (χ2v) is 4.01. The van der Waals surface area contributed by atoms with Gasteiger partial charge in [-0.1, -0.05) is 0 Å². The molecule has 2 heterocycles. The van der Waals surface area contributed by atoms with Crippen LogP contribution < -0.4 is 10.6 Å².